The van der Waals surface area contributed by atoms with Gasteiger partial charge in [0.1, 0.15) is 5.82 Å². The van der Waals surface area contributed by atoms with Crippen LogP contribution in [0.2, 0.25) is 0 Å². The molecule has 0 aliphatic rings. The number of hydrogen-bond donors (Lipinski definition) is 1. The van der Waals surface area contributed by atoms with Gasteiger partial charge in [-0.25, -0.2) is 4.39 Å². The lowest BCUT2D eigenvalue weighted by Gasteiger charge is -2.05. The summed E-state index contributed by atoms with van der Waals surface area (Å²) in [6.45, 7) is 3.26. The van der Waals surface area contributed by atoms with E-state index >= 15 is 0 Å². The van der Waals surface area contributed by atoms with Crippen molar-refractivity contribution in [3.8, 4) is 0 Å². The van der Waals surface area contributed by atoms with E-state index in [0.29, 0.717) is 6.54 Å². The van der Waals surface area contributed by atoms with Crippen molar-refractivity contribution < 1.29 is 4.39 Å². The van der Waals surface area contributed by atoms with Crippen molar-refractivity contribution in [2.75, 3.05) is 0 Å². The van der Waals surface area contributed by atoms with Gasteiger partial charge in [-0.05, 0) is 30.0 Å². The van der Waals surface area contributed by atoms with Crippen LogP contribution in [-0.4, -0.2) is 0 Å². The molecule has 0 unspecified atom stereocenters. The third-order valence-corrected chi connectivity index (χ3v) is 3.28. The normalized spacial score (nSPS) is 10.6. The van der Waals surface area contributed by atoms with E-state index in [-0.39, 0.29) is 5.82 Å². The fourth-order valence-electron chi connectivity index (χ4n) is 1.53. The summed E-state index contributed by atoms with van der Waals surface area (Å²) in [5, 5.41) is 5.28. The molecule has 0 radical (unpaired) electrons. The number of rotatable bonds is 4. The van der Waals surface area contributed by atoms with Gasteiger partial charge in [-0.1, -0.05) is 18.2 Å². The van der Waals surface area contributed by atoms with Crippen LogP contribution in [0.3, 0.4) is 0 Å². The molecule has 0 saturated carbocycles. The number of benzene rings is 1. The summed E-state index contributed by atoms with van der Waals surface area (Å²) in [6, 6.07) is 9.44. The average molecular weight is 235 g/mol. The lowest BCUT2D eigenvalue weighted by atomic mass is 10.1. The van der Waals surface area contributed by atoms with Gasteiger partial charge in [-0.3, -0.25) is 0 Å². The number of hydrogen-bond acceptors (Lipinski definition) is 2. The third-order valence-electron chi connectivity index (χ3n) is 2.40. The van der Waals surface area contributed by atoms with Gasteiger partial charge in [-0.15, -0.1) is 11.3 Å². The number of nitrogens with one attached hydrogen (secondary N) is 1. The Balaban J connectivity index is 1.90. The first-order valence-corrected chi connectivity index (χ1v) is 6.12. The Labute approximate surface area is 98.9 Å². The van der Waals surface area contributed by atoms with Crippen molar-refractivity contribution in [2.45, 2.75) is 20.0 Å². The molecule has 1 aromatic carbocycles. The summed E-state index contributed by atoms with van der Waals surface area (Å²) in [4.78, 5) is 1.27. The minimum Gasteiger partial charge on any atom is -0.308 e. The van der Waals surface area contributed by atoms with Crippen LogP contribution >= 0.6 is 11.3 Å². The van der Waals surface area contributed by atoms with Crippen LogP contribution in [0.4, 0.5) is 4.39 Å². The quantitative estimate of drug-likeness (QED) is 0.855. The van der Waals surface area contributed by atoms with Gasteiger partial charge in [0.05, 0.1) is 0 Å². The highest BCUT2D eigenvalue weighted by Crippen LogP contribution is 2.11. The van der Waals surface area contributed by atoms with Crippen molar-refractivity contribution in [1.29, 1.82) is 0 Å². The van der Waals surface area contributed by atoms with Crippen LogP contribution in [0.25, 0.3) is 0 Å². The van der Waals surface area contributed by atoms with E-state index in [2.05, 4.69) is 11.4 Å². The first-order chi connectivity index (χ1) is 7.75. The molecule has 16 heavy (non-hydrogen) atoms. The molecule has 1 nitrogen and oxygen atoms in total. The summed E-state index contributed by atoms with van der Waals surface area (Å²) in [5.74, 6) is -0.126. The minimum atomic E-state index is -0.126. The van der Waals surface area contributed by atoms with E-state index in [9.17, 15) is 4.39 Å². The maximum atomic E-state index is 13.5. The second kappa shape index (κ2) is 5.23. The molecule has 2 rings (SSSR count). The van der Waals surface area contributed by atoms with E-state index < -0.39 is 0 Å². The van der Waals surface area contributed by atoms with Crippen molar-refractivity contribution >= 4 is 11.3 Å². The SMILES string of the molecule is Cc1ccc(CNCc2cccs2)c(F)c1. The highest BCUT2D eigenvalue weighted by Gasteiger charge is 2.01. The summed E-state index contributed by atoms with van der Waals surface area (Å²) in [7, 11) is 0. The number of thiophene rings is 1. The lowest BCUT2D eigenvalue weighted by Crippen LogP contribution is -2.12. The molecule has 1 N–H and O–H groups in total. The Morgan fingerprint density at radius 2 is 2.12 bits per heavy atom. The van der Waals surface area contributed by atoms with E-state index in [4.69, 9.17) is 0 Å². The topological polar surface area (TPSA) is 12.0 Å². The monoisotopic (exact) mass is 235 g/mol. The molecule has 0 aliphatic carbocycles. The second-order valence-electron chi connectivity index (χ2n) is 3.78. The molecule has 0 atom stereocenters. The Bertz CT molecular complexity index is 451. The Hall–Kier alpha value is -1.19. The predicted molar refractivity (Wildman–Crippen MR) is 66.0 cm³/mol. The minimum absolute atomic E-state index is 0.126. The van der Waals surface area contributed by atoms with Gasteiger partial charge in [0.2, 0.25) is 0 Å². The molecule has 84 valence electrons. The molecule has 0 amide bonds. The van der Waals surface area contributed by atoms with Gasteiger partial charge in [0.25, 0.3) is 0 Å². The lowest BCUT2D eigenvalue weighted by molar-refractivity contribution is 0.588. The summed E-state index contributed by atoms with van der Waals surface area (Å²) >= 11 is 1.71. The van der Waals surface area contributed by atoms with E-state index in [1.54, 1.807) is 17.4 Å². The highest BCUT2D eigenvalue weighted by molar-refractivity contribution is 7.09. The van der Waals surface area contributed by atoms with E-state index in [1.807, 2.05) is 30.5 Å². The number of aryl methyl sites for hydroxylation is 1. The van der Waals surface area contributed by atoms with Gasteiger partial charge >= 0.3 is 0 Å². The summed E-state index contributed by atoms with van der Waals surface area (Å²) < 4.78 is 13.5. The van der Waals surface area contributed by atoms with Gasteiger partial charge in [-0.2, -0.15) is 0 Å². The third kappa shape index (κ3) is 2.90. The first-order valence-electron chi connectivity index (χ1n) is 5.24. The van der Waals surface area contributed by atoms with Crippen molar-refractivity contribution in [1.82, 2.24) is 5.32 Å². The van der Waals surface area contributed by atoms with Gasteiger partial charge in [0.15, 0.2) is 0 Å². The fraction of sp³-hybridized carbons (Fsp3) is 0.231. The van der Waals surface area contributed by atoms with Crippen molar-refractivity contribution in [3.63, 3.8) is 0 Å². The molecule has 2 aromatic rings. The second-order valence-corrected chi connectivity index (χ2v) is 4.81. The summed E-state index contributed by atoms with van der Waals surface area (Å²) in [6.07, 6.45) is 0. The van der Waals surface area contributed by atoms with Crippen LogP contribution < -0.4 is 5.32 Å². The predicted octanol–water partition coefficient (Wildman–Crippen LogP) is 3.49. The molecular weight excluding hydrogens is 221 g/mol. The molecule has 1 aromatic heterocycles. The first kappa shape index (κ1) is 11.3. The zero-order valence-corrected chi connectivity index (χ0v) is 9.98. The van der Waals surface area contributed by atoms with E-state index in [1.165, 1.54) is 4.88 Å². The Kier molecular flexibility index (Phi) is 3.70. The average Bonchev–Trinajstić information content (AvgIpc) is 2.74. The number of halogens is 1. The van der Waals surface area contributed by atoms with Crippen molar-refractivity contribution in [2.24, 2.45) is 0 Å². The molecule has 1 heterocycles. The van der Waals surface area contributed by atoms with Crippen LogP contribution in [-0.2, 0) is 13.1 Å². The fourth-order valence-corrected chi connectivity index (χ4v) is 2.20. The van der Waals surface area contributed by atoms with Crippen LogP contribution in [0.15, 0.2) is 35.7 Å². The maximum Gasteiger partial charge on any atom is 0.127 e. The van der Waals surface area contributed by atoms with Crippen LogP contribution in [0, 0.1) is 12.7 Å². The maximum absolute atomic E-state index is 13.5. The molecule has 0 spiro atoms. The zero-order valence-electron chi connectivity index (χ0n) is 9.16. The van der Waals surface area contributed by atoms with E-state index in [0.717, 1.165) is 17.7 Å². The standard InChI is InChI=1S/C13H14FNS/c1-10-4-5-11(13(14)7-10)8-15-9-12-3-2-6-16-12/h2-7,15H,8-9H2,1H3. The molecule has 0 saturated heterocycles. The highest BCUT2D eigenvalue weighted by atomic mass is 32.1. The van der Waals surface area contributed by atoms with Gasteiger partial charge in [0, 0.05) is 23.5 Å². The molecule has 0 aliphatic heterocycles. The molecule has 0 bridgehead atoms. The largest absolute Gasteiger partial charge is 0.308 e. The van der Waals surface area contributed by atoms with Gasteiger partial charge < -0.3 is 5.32 Å². The zero-order chi connectivity index (χ0) is 11.4. The summed E-state index contributed by atoms with van der Waals surface area (Å²) in [5.41, 5.74) is 1.68. The van der Waals surface area contributed by atoms with Crippen LogP contribution in [0.5, 0.6) is 0 Å². The Morgan fingerprint density at radius 1 is 1.25 bits per heavy atom. The smallest absolute Gasteiger partial charge is 0.127 e. The molecule has 3 heteroatoms. The Morgan fingerprint density at radius 3 is 2.81 bits per heavy atom. The van der Waals surface area contributed by atoms with Crippen LogP contribution in [0.1, 0.15) is 16.0 Å². The molecule has 0 fully saturated rings. The van der Waals surface area contributed by atoms with Crippen molar-refractivity contribution in [3.05, 3.63) is 57.5 Å². The molecular formula is C13H14FNS.